The van der Waals surface area contributed by atoms with E-state index in [-0.39, 0.29) is 5.56 Å². The highest BCUT2D eigenvalue weighted by atomic mass is 35.5. The van der Waals surface area contributed by atoms with E-state index < -0.39 is 0 Å². The van der Waals surface area contributed by atoms with Crippen LogP contribution in [0.15, 0.2) is 59.8 Å². The average Bonchev–Trinajstić information content (AvgIpc) is 3.73. The topological polar surface area (TPSA) is 87.1 Å². The minimum atomic E-state index is -0.286. The second-order valence-electron chi connectivity index (χ2n) is 10.6. The molecule has 0 radical (unpaired) electrons. The van der Waals surface area contributed by atoms with Crippen LogP contribution in [0.3, 0.4) is 0 Å². The van der Waals surface area contributed by atoms with E-state index in [0.717, 1.165) is 25.3 Å². The van der Waals surface area contributed by atoms with Crippen molar-refractivity contribution in [3.8, 4) is 5.69 Å². The van der Waals surface area contributed by atoms with Gasteiger partial charge in [0.1, 0.15) is 12.1 Å². The minimum Gasteiger partial charge on any atom is -0.368 e. The molecule has 1 saturated heterocycles. The van der Waals surface area contributed by atoms with Crippen LogP contribution in [0.4, 0.5) is 17.2 Å². The summed E-state index contributed by atoms with van der Waals surface area (Å²) < 4.78 is 1.36. The van der Waals surface area contributed by atoms with E-state index in [1.54, 1.807) is 30.5 Å². The van der Waals surface area contributed by atoms with Gasteiger partial charge in [-0.25, -0.2) is 9.97 Å². The lowest BCUT2D eigenvalue weighted by Gasteiger charge is -2.38. The summed E-state index contributed by atoms with van der Waals surface area (Å²) in [4.78, 5) is 24.8. The fourth-order valence-corrected chi connectivity index (χ4v) is 5.87. The van der Waals surface area contributed by atoms with Crippen LogP contribution < -0.4 is 26.4 Å². The van der Waals surface area contributed by atoms with Gasteiger partial charge in [-0.05, 0) is 62.6 Å². The van der Waals surface area contributed by atoms with Gasteiger partial charge in [-0.2, -0.15) is 0 Å². The van der Waals surface area contributed by atoms with Crippen LogP contribution in [0.5, 0.6) is 0 Å². The Hall–Kier alpha value is -3.17. The number of piperazine rings is 1. The number of rotatable bonds is 7. The molecule has 2 atom stereocenters. The van der Waals surface area contributed by atoms with Gasteiger partial charge >= 0.3 is 0 Å². The summed E-state index contributed by atoms with van der Waals surface area (Å²) in [6.45, 7) is 7.24. The number of para-hydroxylation sites is 1. The molecule has 2 aliphatic rings. The molecular formula is C29H31Cl2N7O. The van der Waals surface area contributed by atoms with Crippen molar-refractivity contribution in [2.75, 3.05) is 23.3 Å². The third-order valence-electron chi connectivity index (χ3n) is 7.23. The molecule has 10 heteroatoms. The van der Waals surface area contributed by atoms with E-state index in [1.807, 2.05) is 0 Å². The summed E-state index contributed by atoms with van der Waals surface area (Å²) in [6.07, 6.45) is 5.48. The van der Waals surface area contributed by atoms with E-state index in [2.05, 4.69) is 62.9 Å². The molecule has 202 valence electrons. The Morgan fingerprint density at radius 1 is 1.03 bits per heavy atom. The number of pyridine rings is 1. The minimum absolute atomic E-state index is 0.286. The number of hydrogen-bond acceptors (Lipinski definition) is 7. The first-order chi connectivity index (χ1) is 18.9. The summed E-state index contributed by atoms with van der Waals surface area (Å²) >= 11 is 12.7. The van der Waals surface area contributed by atoms with Crippen molar-refractivity contribution in [2.45, 2.75) is 51.4 Å². The van der Waals surface area contributed by atoms with Gasteiger partial charge in [0.15, 0.2) is 0 Å². The summed E-state index contributed by atoms with van der Waals surface area (Å²) in [7, 11) is 0. The quantitative estimate of drug-likeness (QED) is 0.282. The highest BCUT2D eigenvalue weighted by Crippen LogP contribution is 2.30. The zero-order valence-corrected chi connectivity index (χ0v) is 23.4. The Labute approximate surface area is 237 Å². The van der Waals surface area contributed by atoms with Crippen LogP contribution in [0, 0.1) is 0 Å². The van der Waals surface area contributed by atoms with Crippen molar-refractivity contribution in [3.63, 3.8) is 0 Å². The standard InChI is InChI=1S/C29H31Cl2N7O/c1-17-14-37(15-18(2)35-17)26-9-8-21(10-19(26)12-32-20-6-7-20)36-27-11-25-22(13-33-27)29(39)38(16-34-25)28-23(30)4-3-5-24(28)31/h3-5,8-11,13,16-18,20,32,35H,6-7,12,14-15H2,1-2H3,(H,33,36)/t17-,18+. The Balaban J connectivity index is 1.29. The monoisotopic (exact) mass is 563 g/mol. The highest BCUT2D eigenvalue weighted by molar-refractivity contribution is 6.37. The maximum atomic E-state index is 13.2. The largest absolute Gasteiger partial charge is 0.368 e. The Kier molecular flexibility index (Phi) is 7.20. The number of nitrogens with zero attached hydrogens (tertiary/aromatic N) is 4. The number of halogens is 2. The number of aromatic nitrogens is 3. The molecule has 3 N–H and O–H groups in total. The number of anilines is 3. The van der Waals surface area contributed by atoms with E-state index in [0.29, 0.717) is 50.6 Å². The van der Waals surface area contributed by atoms with Gasteiger partial charge in [0.2, 0.25) is 0 Å². The van der Waals surface area contributed by atoms with Crippen molar-refractivity contribution in [2.24, 2.45) is 0 Å². The van der Waals surface area contributed by atoms with Gasteiger partial charge in [-0.1, -0.05) is 29.3 Å². The first kappa shape index (κ1) is 26.1. The predicted octanol–water partition coefficient (Wildman–Crippen LogP) is 5.27. The summed E-state index contributed by atoms with van der Waals surface area (Å²) in [5.41, 5.74) is 4.11. The molecule has 2 fully saturated rings. The molecule has 6 rings (SSSR count). The molecule has 2 aromatic heterocycles. The van der Waals surface area contributed by atoms with E-state index in [9.17, 15) is 4.79 Å². The van der Waals surface area contributed by atoms with Crippen LogP contribution in [0.25, 0.3) is 16.6 Å². The van der Waals surface area contributed by atoms with E-state index in [4.69, 9.17) is 23.2 Å². The van der Waals surface area contributed by atoms with Crippen molar-refractivity contribution < 1.29 is 0 Å². The second kappa shape index (κ2) is 10.8. The molecule has 1 saturated carbocycles. The summed E-state index contributed by atoms with van der Waals surface area (Å²) in [5, 5.41) is 11.8. The third kappa shape index (κ3) is 5.61. The molecule has 0 bridgehead atoms. The molecule has 3 heterocycles. The number of benzene rings is 2. The van der Waals surface area contributed by atoms with Gasteiger partial charge < -0.3 is 20.9 Å². The lowest BCUT2D eigenvalue weighted by Crippen LogP contribution is -2.54. The first-order valence-electron chi connectivity index (χ1n) is 13.3. The molecule has 0 unspecified atom stereocenters. The van der Waals surface area contributed by atoms with Crippen LogP contribution >= 0.6 is 23.2 Å². The number of hydrogen-bond donors (Lipinski definition) is 3. The van der Waals surface area contributed by atoms with Crippen molar-refractivity contribution in [3.05, 3.63) is 81.0 Å². The van der Waals surface area contributed by atoms with E-state index >= 15 is 0 Å². The van der Waals surface area contributed by atoms with Crippen molar-refractivity contribution in [1.29, 1.82) is 0 Å². The fraction of sp³-hybridized carbons (Fsp3) is 0.345. The van der Waals surface area contributed by atoms with Crippen LogP contribution in [-0.4, -0.2) is 45.8 Å². The molecule has 2 aromatic carbocycles. The molecule has 0 amide bonds. The van der Waals surface area contributed by atoms with Crippen molar-refractivity contribution >= 4 is 51.3 Å². The van der Waals surface area contributed by atoms with Crippen LogP contribution in [-0.2, 0) is 6.54 Å². The van der Waals surface area contributed by atoms with Gasteiger partial charge in [-0.3, -0.25) is 9.36 Å². The van der Waals surface area contributed by atoms with E-state index in [1.165, 1.54) is 35.0 Å². The predicted molar refractivity (Wildman–Crippen MR) is 159 cm³/mol. The molecule has 0 spiro atoms. The zero-order valence-electron chi connectivity index (χ0n) is 21.9. The Bertz CT molecular complexity index is 1560. The fourth-order valence-electron chi connectivity index (χ4n) is 5.29. The molecule has 8 nitrogen and oxygen atoms in total. The Morgan fingerprint density at radius 2 is 1.77 bits per heavy atom. The maximum Gasteiger partial charge on any atom is 0.267 e. The van der Waals surface area contributed by atoms with Gasteiger partial charge in [0, 0.05) is 61.4 Å². The lowest BCUT2D eigenvalue weighted by molar-refractivity contribution is 0.406. The lowest BCUT2D eigenvalue weighted by atomic mass is 10.1. The van der Waals surface area contributed by atoms with Gasteiger partial charge in [-0.15, -0.1) is 0 Å². The van der Waals surface area contributed by atoms with Gasteiger partial charge in [0.25, 0.3) is 5.56 Å². The molecule has 4 aromatic rings. The third-order valence-corrected chi connectivity index (χ3v) is 7.84. The number of nitrogens with one attached hydrogen (secondary N) is 3. The van der Waals surface area contributed by atoms with Crippen molar-refractivity contribution in [1.82, 2.24) is 25.2 Å². The molecule has 39 heavy (non-hydrogen) atoms. The molecule has 1 aliphatic heterocycles. The molecule has 1 aliphatic carbocycles. The Morgan fingerprint density at radius 3 is 2.49 bits per heavy atom. The first-order valence-corrected chi connectivity index (χ1v) is 14.1. The normalized spacial score (nSPS) is 19.4. The summed E-state index contributed by atoms with van der Waals surface area (Å²) in [6, 6.07) is 14.9. The van der Waals surface area contributed by atoms with Crippen LogP contribution in [0.1, 0.15) is 32.3 Å². The maximum absolute atomic E-state index is 13.2. The summed E-state index contributed by atoms with van der Waals surface area (Å²) in [5.74, 6) is 0.612. The van der Waals surface area contributed by atoms with Gasteiger partial charge in [0.05, 0.1) is 26.6 Å². The average molecular weight is 565 g/mol. The SMILES string of the molecule is C[C@@H]1CN(c2ccc(Nc3cc4ncn(-c5c(Cl)cccc5Cl)c(=O)c4cn3)cc2CNC2CC2)C[C@H](C)N1. The molecular weight excluding hydrogens is 533 g/mol. The second-order valence-corrected chi connectivity index (χ2v) is 11.4. The zero-order chi connectivity index (χ0) is 27.1. The highest BCUT2D eigenvalue weighted by Gasteiger charge is 2.25. The number of fused-ring (bicyclic) bond motifs is 1. The van der Waals surface area contributed by atoms with Crippen LogP contribution in [0.2, 0.25) is 10.0 Å². The smallest absolute Gasteiger partial charge is 0.267 e.